The van der Waals surface area contributed by atoms with Crippen LogP contribution in [0.4, 0.5) is 13.2 Å². The number of rotatable bonds is 0. The molecule has 1 N–H and O–H groups in total. The minimum Gasteiger partial charge on any atom is -0.344 e. The van der Waals surface area contributed by atoms with E-state index in [1.165, 1.54) is 0 Å². The topological polar surface area (TPSA) is 58.9 Å². The van der Waals surface area contributed by atoms with Crippen LogP contribution in [0.1, 0.15) is 0 Å². The average molecular weight is 219 g/mol. The van der Waals surface area contributed by atoms with E-state index in [1.54, 1.807) is 0 Å². The molecule has 80 valence electrons. The summed E-state index contributed by atoms with van der Waals surface area (Å²) >= 11 is 0. The molecule has 0 aromatic rings. The number of hydrogen-bond acceptors (Lipinski definition) is 4. The van der Waals surface area contributed by atoms with E-state index in [0.717, 1.165) is 12.2 Å². The van der Waals surface area contributed by atoms with E-state index < -0.39 is 23.3 Å². The van der Waals surface area contributed by atoms with Gasteiger partial charge in [-0.05, 0) is 18.2 Å². The van der Waals surface area contributed by atoms with Gasteiger partial charge in [-0.3, -0.25) is 4.79 Å². The average Bonchev–Trinajstić information content (AvgIpc) is 2.44. The summed E-state index contributed by atoms with van der Waals surface area (Å²) in [5, 5.41) is 12.3. The lowest BCUT2D eigenvalue weighted by Gasteiger charge is -2.24. The van der Waals surface area contributed by atoms with E-state index in [1.807, 2.05) is 0 Å². The molecule has 7 heteroatoms. The van der Waals surface area contributed by atoms with Gasteiger partial charge in [0.25, 0.3) is 0 Å². The monoisotopic (exact) mass is 219 g/mol. The van der Waals surface area contributed by atoms with E-state index in [9.17, 15) is 23.1 Å². The Balaban J connectivity index is 2.48. The van der Waals surface area contributed by atoms with Crippen LogP contribution in [-0.4, -0.2) is 28.6 Å². The number of halogens is 3. The molecule has 0 fully saturated rings. The second-order valence-corrected chi connectivity index (χ2v) is 3.00. The first-order valence-corrected chi connectivity index (χ1v) is 3.84. The van der Waals surface area contributed by atoms with Crippen molar-refractivity contribution in [2.24, 2.45) is 5.16 Å². The molecule has 0 amide bonds. The number of carbonyl (C=O) groups excluding carboxylic acids is 1. The molecule has 2 rings (SSSR count). The van der Waals surface area contributed by atoms with Crippen molar-refractivity contribution in [2.45, 2.75) is 12.0 Å². The maximum atomic E-state index is 12.4. The Labute approximate surface area is 81.3 Å². The third-order valence-electron chi connectivity index (χ3n) is 1.99. The quantitative estimate of drug-likeness (QED) is 0.610. The summed E-state index contributed by atoms with van der Waals surface area (Å²) in [7, 11) is 0. The van der Waals surface area contributed by atoms with Crippen molar-refractivity contribution in [2.75, 3.05) is 0 Å². The standard InChI is InChI=1S/C8H4F3NO3/c9-8(10,11)7(14)5-3-4(13)1-2-6(5)12-15-7/h1-3,14H/t7-/m1/s1. The second-order valence-electron chi connectivity index (χ2n) is 3.00. The number of ketones is 1. The third kappa shape index (κ3) is 1.27. The highest BCUT2D eigenvalue weighted by Gasteiger charge is 2.63. The molecule has 1 heterocycles. The number of carbonyl (C=O) groups is 1. The molecule has 1 aliphatic heterocycles. The Kier molecular flexibility index (Phi) is 1.78. The molecule has 0 radical (unpaired) electrons. The molecule has 1 aliphatic carbocycles. The minimum atomic E-state index is -5.05. The van der Waals surface area contributed by atoms with Crippen molar-refractivity contribution < 1.29 is 27.9 Å². The van der Waals surface area contributed by atoms with Crippen LogP contribution in [-0.2, 0) is 9.63 Å². The zero-order valence-corrected chi connectivity index (χ0v) is 7.08. The zero-order valence-electron chi connectivity index (χ0n) is 7.08. The van der Waals surface area contributed by atoms with Gasteiger partial charge in [0.05, 0.1) is 5.57 Å². The summed E-state index contributed by atoms with van der Waals surface area (Å²) in [5.74, 6) is -4.17. The lowest BCUT2D eigenvalue weighted by molar-refractivity contribution is -0.339. The van der Waals surface area contributed by atoms with Crippen LogP contribution in [0.5, 0.6) is 0 Å². The first kappa shape index (κ1) is 9.91. The fraction of sp³-hybridized carbons (Fsp3) is 0.250. The lowest BCUT2D eigenvalue weighted by atomic mass is 9.95. The van der Waals surface area contributed by atoms with E-state index in [-0.39, 0.29) is 5.71 Å². The van der Waals surface area contributed by atoms with Crippen LogP contribution in [0, 0.1) is 0 Å². The highest BCUT2D eigenvalue weighted by atomic mass is 19.4. The van der Waals surface area contributed by atoms with Crippen LogP contribution < -0.4 is 0 Å². The molecule has 2 aliphatic rings. The second kappa shape index (κ2) is 2.69. The Bertz CT molecular complexity index is 421. The highest BCUT2D eigenvalue weighted by molar-refractivity contribution is 6.20. The first-order chi connectivity index (χ1) is 6.84. The van der Waals surface area contributed by atoms with E-state index in [4.69, 9.17) is 0 Å². The van der Waals surface area contributed by atoms with Gasteiger partial charge < -0.3 is 9.94 Å². The SMILES string of the molecule is O=C1C=CC2=NO[C@@](O)(C(F)(F)F)C2=C1. The molecule has 1 atom stereocenters. The molecule has 0 spiro atoms. The normalized spacial score (nSPS) is 29.5. The summed E-state index contributed by atoms with van der Waals surface area (Å²) in [4.78, 5) is 14.8. The van der Waals surface area contributed by atoms with Crippen molar-refractivity contribution in [1.82, 2.24) is 0 Å². The molecule has 0 aromatic heterocycles. The zero-order chi connectivity index (χ0) is 11.3. The van der Waals surface area contributed by atoms with Crippen LogP contribution in [0.3, 0.4) is 0 Å². The molecule has 15 heavy (non-hydrogen) atoms. The summed E-state index contributed by atoms with van der Waals surface area (Å²) in [6.45, 7) is 0. The largest absolute Gasteiger partial charge is 0.462 e. The first-order valence-electron chi connectivity index (χ1n) is 3.84. The molecule has 0 bridgehead atoms. The molecule has 4 nitrogen and oxygen atoms in total. The third-order valence-corrected chi connectivity index (χ3v) is 1.99. The fourth-order valence-electron chi connectivity index (χ4n) is 1.24. The number of fused-ring (bicyclic) bond motifs is 1. The van der Waals surface area contributed by atoms with Gasteiger partial charge in [-0.1, -0.05) is 5.16 Å². The predicted octanol–water partition coefficient (Wildman–Crippen LogP) is 0.689. The Morgan fingerprint density at radius 2 is 2.07 bits per heavy atom. The van der Waals surface area contributed by atoms with Gasteiger partial charge in [-0.15, -0.1) is 0 Å². The predicted molar refractivity (Wildman–Crippen MR) is 41.8 cm³/mol. The number of allylic oxidation sites excluding steroid dienone is 3. The highest BCUT2D eigenvalue weighted by Crippen LogP contribution is 2.42. The molecular weight excluding hydrogens is 215 g/mol. The Hall–Kier alpha value is -1.63. The molecule has 0 unspecified atom stereocenters. The van der Waals surface area contributed by atoms with Crippen molar-refractivity contribution in [1.29, 1.82) is 0 Å². The van der Waals surface area contributed by atoms with Gasteiger partial charge in [-0.25, -0.2) is 0 Å². The number of oxime groups is 1. The summed E-state index contributed by atoms with van der Waals surface area (Å²) in [5.41, 5.74) is -0.878. The van der Waals surface area contributed by atoms with Gasteiger partial charge in [0.15, 0.2) is 5.78 Å². The Morgan fingerprint density at radius 3 is 2.67 bits per heavy atom. The number of hydrogen-bond donors (Lipinski definition) is 1. The van der Waals surface area contributed by atoms with Crippen molar-refractivity contribution in [3.63, 3.8) is 0 Å². The number of nitrogens with zero attached hydrogens (tertiary/aromatic N) is 1. The van der Waals surface area contributed by atoms with Crippen LogP contribution in [0.15, 0.2) is 29.0 Å². The number of aliphatic hydroxyl groups is 1. The van der Waals surface area contributed by atoms with Gasteiger partial charge in [0, 0.05) is 0 Å². The van der Waals surface area contributed by atoms with Crippen molar-refractivity contribution in [3.8, 4) is 0 Å². The van der Waals surface area contributed by atoms with Crippen LogP contribution in [0.25, 0.3) is 0 Å². The smallest absolute Gasteiger partial charge is 0.344 e. The lowest BCUT2D eigenvalue weighted by Crippen LogP contribution is -2.47. The molecule has 0 aromatic carbocycles. The van der Waals surface area contributed by atoms with E-state index in [0.29, 0.717) is 6.08 Å². The number of alkyl halides is 3. The molecular formula is C8H4F3NO3. The fourth-order valence-corrected chi connectivity index (χ4v) is 1.24. The molecule has 0 saturated heterocycles. The summed E-state index contributed by atoms with van der Waals surface area (Å²) in [6.07, 6.45) is -2.30. The maximum Gasteiger partial charge on any atom is 0.462 e. The summed E-state index contributed by atoms with van der Waals surface area (Å²) < 4.78 is 37.3. The van der Waals surface area contributed by atoms with E-state index >= 15 is 0 Å². The van der Waals surface area contributed by atoms with E-state index in [2.05, 4.69) is 9.99 Å². The van der Waals surface area contributed by atoms with Gasteiger partial charge in [0.1, 0.15) is 5.71 Å². The van der Waals surface area contributed by atoms with Crippen LogP contribution >= 0.6 is 0 Å². The van der Waals surface area contributed by atoms with Gasteiger partial charge >= 0.3 is 12.0 Å². The van der Waals surface area contributed by atoms with Gasteiger partial charge in [-0.2, -0.15) is 13.2 Å². The van der Waals surface area contributed by atoms with Crippen molar-refractivity contribution >= 4 is 11.5 Å². The Morgan fingerprint density at radius 1 is 1.40 bits per heavy atom. The van der Waals surface area contributed by atoms with Gasteiger partial charge in [0.2, 0.25) is 0 Å². The van der Waals surface area contributed by atoms with Crippen LogP contribution in [0.2, 0.25) is 0 Å². The summed E-state index contributed by atoms with van der Waals surface area (Å²) in [6, 6.07) is 0. The maximum absolute atomic E-state index is 12.4. The molecule has 0 saturated carbocycles. The minimum absolute atomic E-state index is 0.200. The van der Waals surface area contributed by atoms with Crippen molar-refractivity contribution in [3.05, 3.63) is 23.8 Å².